The summed E-state index contributed by atoms with van der Waals surface area (Å²) in [6.45, 7) is 11.7. The minimum atomic E-state index is -0.221. The van der Waals surface area contributed by atoms with Gasteiger partial charge in [0, 0.05) is 44.7 Å². The van der Waals surface area contributed by atoms with Gasteiger partial charge in [-0.1, -0.05) is 20.8 Å². The van der Waals surface area contributed by atoms with Crippen molar-refractivity contribution in [3.63, 3.8) is 0 Å². The summed E-state index contributed by atoms with van der Waals surface area (Å²) in [6, 6.07) is 0.348. The molecule has 0 aromatic carbocycles. The molecule has 5 nitrogen and oxygen atoms in total. The number of rotatable bonds is 2. The first kappa shape index (κ1) is 14.3. The number of carbonyl (C=O) groups excluding carboxylic acids is 1. The Kier molecular flexibility index (Phi) is 3.55. The summed E-state index contributed by atoms with van der Waals surface area (Å²) < 4.78 is 0. The fourth-order valence-corrected chi connectivity index (χ4v) is 4.24. The van der Waals surface area contributed by atoms with E-state index in [4.69, 9.17) is 0 Å². The van der Waals surface area contributed by atoms with E-state index in [0.29, 0.717) is 6.04 Å². The van der Waals surface area contributed by atoms with Gasteiger partial charge < -0.3 is 10.0 Å². The first-order valence-corrected chi connectivity index (χ1v) is 7.91. The molecular weight excluding hydrogens is 254 g/mol. The highest BCUT2D eigenvalue weighted by atomic mass is 16.3. The van der Waals surface area contributed by atoms with Gasteiger partial charge in [-0.3, -0.25) is 14.6 Å². The van der Waals surface area contributed by atoms with Gasteiger partial charge in [-0.2, -0.15) is 0 Å². The second-order valence-corrected chi connectivity index (χ2v) is 7.10. The number of carbonyl (C=O) groups is 1. The van der Waals surface area contributed by atoms with Crippen LogP contribution in [0, 0.1) is 5.92 Å². The zero-order valence-corrected chi connectivity index (χ0v) is 12.9. The van der Waals surface area contributed by atoms with Gasteiger partial charge in [0.2, 0.25) is 5.91 Å². The summed E-state index contributed by atoms with van der Waals surface area (Å²) in [6.07, 6.45) is 0.595. The average Bonchev–Trinajstić information content (AvgIpc) is 2.74. The molecule has 0 unspecified atom stereocenters. The summed E-state index contributed by atoms with van der Waals surface area (Å²) in [5.74, 6) is 0.327. The summed E-state index contributed by atoms with van der Waals surface area (Å²) in [7, 11) is 0. The number of piperazine rings is 1. The van der Waals surface area contributed by atoms with Gasteiger partial charge in [-0.15, -0.1) is 0 Å². The summed E-state index contributed by atoms with van der Waals surface area (Å²) in [5, 5.41) is 10.0. The SMILES string of the molecule is CCN1CC2(C1)CN(C(=O)C(C)C)C[C@H]1C[C@@H](O)CN12. The summed E-state index contributed by atoms with van der Waals surface area (Å²) >= 11 is 0. The molecule has 3 rings (SSSR count). The van der Waals surface area contributed by atoms with Crippen LogP contribution in [0.15, 0.2) is 0 Å². The molecule has 3 aliphatic heterocycles. The lowest BCUT2D eigenvalue weighted by atomic mass is 9.83. The van der Waals surface area contributed by atoms with Crippen molar-refractivity contribution >= 4 is 5.91 Å². The van der Waals surface area contributed by atoms with E-state index in [1.54, 1.807) is 0 Å². The minimum absolute atomic E-state index is 0.0623. The maximum absolute atomic E-state index is 12.4. The molecule has 3 saturated heterocycles. The Labute approximate surface area is 121 Å². The van der Waals surface area contributed by atoms with E-state index in [9.17, 15) is 9.90 Å². The molecule has 1 spiro atoms. The van der Waals surface area contributed by atoms with Crippen molar-refractivity contribution in [2.24, 2.45) is 5.92 Å². The van der Waals surface area contributed by atoms with E-state index in [1.807, 2.05) is 13.8 Å². The molecule has 0 bridgehead atoms. The van der Waals surface area contributed by atoms with Crippen molar-refractivity contribution in [3.05, 3.63) is 0 Å². The monoisotopic (exact) mass is 281 g/mol. The van der Waals surface area contributed by atoms with Crippen LogP contribution in [0.25, 0.3) is 0 Å². The van der Waals surface area contributed by atoms with Crippen LogP contribution < -0.4 is 0 Å². The average molecular weight is 281 g/mol. The van der Waals surface area contributed by atoms with Gasteiger partial charge in [0.05, 0.1) is 11.6 Å². The largest absolute Gasteiger partial charge is 0.392 e. The van der Waals surface area contributed by atoms with Crippen LogP contribution in [0.1, 0.15) is 27.2 Å². The van der Waals surface area contributed by atoms with Gasteiger partial charge >= 0.3 is 0 Å². The number of β-amino-alcohol motifs (C(OH)–C–C–N with tert-alkyl or cyclic N) is 1. The van der Waals surface area contributed by atoms with Crippen LogP contribution in [0.4, 0.5) is 0 Å². The lowest BCUT2D eigenvalue weighted by molar-refractivity contribution is -0.152. The maximum atomic E-state index is 12.4. The van der Waals surface area contributed by atoms with E-state index in [-0.39, 0.29) is 23.5 Å². The smallest absolute Gasteiger partial charge is 0.225 e. The fourth-order valence-electron chi connectivity index (χ4n) is 4.24. The van der Waals surface area contributed by atoms with Gasteiger partial charge in [-0.25, -0.2) is 0 Å². The van der Waals surface area contributed by atoms with Crippen LogP contribution in [-0.2, 0) is 4.79 Å². The molecule has 0 aliphatic carbocycles. The lowest BCUT2D eigenvalue weighted by Crippen LogP contribution is -2.78. The van der Waals surface area contributed by atoms with Crippen molar-refractivity contribution in [2.45, 2.75) is 44.9 Å². The highest BCUT2D eigenvalue weighted by molar-refractivity contribution is 5.78. The number of fused-ring (bicyclic) bond motifs is 2. The normalized spacial score (nSPS) is 33.5. The third kappa shape index (κ3) is 2.16. The molecular formula is C15H27N3O2. The van der Waals surface area contributed by atoms with Crippen LogP contribution in [-0.4, -0.2) is 82.7 Å². The molecule has 1 amide bonds. The Bertz CT molecular complexity index is 393. The van der Waals surface area contributed by atoms with E-state index >= 15 is 0 Å². The van der Waals surface area contributed by atoms with Crippen molar-refractivity contribution in [3.8, 4) is 0 Å². The van der Waals surface area contributed by atoms with Crippen LogP contribution in [0.3, 0.4) is 0 Å². The fraction of sp³-hybridized carbons (Fsp3) is 0.933. The molecule has 0 aromatic heterocycles. The van der Waals surface area contributed by atoms with Crippen LogP contribution in [0.5, 0.6) is 0 Å². The highest BCUT2D eigenvalue weighted by Crippen LogP contribution is 2.38. The number of hydrogen-bond donors (Lipinski definition) is 1. The molecule has 114 valence electrons. The number of hydrogen-bond acceptors (Lipinski definition) is 4. The molecule has 3 aliphatic rings. The van der Waals surface area contributed by atoms with Gasteiger partial charge in [-0.05, 0) is 13.0 Å². The Morgan fingerprint density at radius 3 is 2.60 bits per heavy atom. The second kappa shape index (κ2) is 4.97. The van der Waals surface area contributed by atoms with Crippen molar-refractivity contribution in [2.75, 3.05) is 39.3 Å². The summed E-state index contributed by atoms with van der Waals surface area (Å²) in [4.78, 5) is 19.3. The minimum Gasteiger partial charge on any atom is -0.392 e. The molecule has 0 saturated carbocycles. The van der Waals surface area contributed by atoms with Gasteiger partial charge in [0.1, 0.15) is 0 Å². The molecule has 1 N–H and O–H groups in total. The zero-order valence-electron chi connectivity index (χ0n) is 12.9. The number of aliphatic hydroxyl groups is 1. The van der Waals surface area contributed by atoms with Crippen molar-refractivity contribution in [1.82, 2.24) is 14.7 Å². The van der Waals surface area contributed by atoms with E-state index in [0.717, 1.165) is 45.7 Å². The highest BCUT2D eigenvalue weighted by Gasteiger charge is 2.56. The predicted octanol–water partition coefficient (Wildman–Crippen LogP) is -0.00590. The van der Waals surface area contributed by atoms with Crippen molar-refractivity contribution < 1.29 is 9.90 Å². The summed E-state index contributed by atoms with van der Waals surface area (Å²) in [5.41, 5.74) is 0.0982. The standard InChI is InChI=1S/C15H27N3O2/c1-4-16-8-15(9-16)10-17(14(20)11(2)3)6-12-5-13(19)7-18(12)15/h11-13,19H,4-10H2,1-3H3/t12-,13-/m1/s1. The molecule has 0 radical (unpaired) electrons. The first-order valence-electron chi connectivity index (χ1n) is 7.91. The Morgan fingerprint density at radius 2 is 2.00 bits per heavy atom. The molecule has 3 fully saturated rings. The van der Waals surface area contributed by atoms with Crippen LogP contribution >= 0.6 is 0 Å². The van der Waals surface area contributed by atoms with E-state index in [2.05, 4.69) is 21.6 Å². The third-order valence-electron chi connectivity index (χ3n) is 5.21. The van der Waals surface area contributed by atoms with Gasteiger partial charge in [0.25, 0.3) is 0 Å². The molecule has 5 heteroatoms. The number of likely N-dealkylation sites (tertiary alicyclic amines) is 1. The maximum Gasteiger partial charge on any atom is 0.225 e. The first-order chi connectivity index (χ1) is 9.45. The Hall–Kier alpha value is -0.650. The zero-order chi connectivity index (χ0) is 14.5. The topological polar surface area (TPSA) is 47.0 Å². The Morgan fingerprint density at radius 1 is 1.30 bits per heavy atom. The third-order valence-corrected chi connectivity index (χ3v) is 5.21. The second-order valence-electron chi connectivity index (χ2n) is 7.10. The van der Waals surface area contributed by atoms with Crippen LogP contribution in [0.2, 0.25) is 0 Å². The number of aliphatic hydroxyl groups excluding tert-OH is 1. The molecule has 0 aromatic rings. The number of amides is 1. The lowest BCUT2D eigenvalue weighted by Gasteiger charge is -2.61. The Balaban J connectivity index is 1.79. The number of likely N-dealkylation sites (N-methyl/N-ethyl adjacent to an activating group) is 1. The van der Waals surface area contributed by atoms with Gasteiger partial charge in [0.15, 0.2) is 0 Å². The quantitative estimate of drug-likeness (QED) is 0.774. The predicted molar refractivity (Wildman–Crippen MR) is 77.4 cm³/mol. The van der Waals surface area contributed by atoms with E-state index < -0.39 is 0 Å². The number of nitrogens with zero attached hydrogens (tertiary/aromatic N) is 3. The molecule has 3 heterocycles. The molecule has 2 atom stereocenters. The van der Waals surface area contributed by atoms with E-state index in [1.165, 1.54) is 0 Å². The van der Waals surface area contributed by atoms with Crippen molar-refractivity contribution in [1.29, 1.82) is 0 Å². The molecule has 20 heavy (non-hydrogen) atoms.